The number of pyridine rings is 1. The van der Waals surface area contributed by atoms with Gasteiger partial charge in [0, 0.05) is 26.1 Å². The zero-order valence-corrected chi connectivity index (χ0v) is 29.7. The van der Waals surface area contributed by atoms with Gasteiger partial charge in [0.15, 0.2) is 0 Å². The normalized spacial score (nSPS) is 13.8. The first-order chi connectivity index (χ1) is 25.7. The van der Waals surface area contributed by atoms with E-state index in [-0.39, 0.29) is 4.08 Å². The van der Waals surface area contributed by atoms with E-state index in [1.54, 1.807) is 0 Å². The van der Waals surface area contributed by atoms with E-state index < -0.39 is 0 Å². The maximum atomic E-state index is 5.43. The van der Waals surface area contributed by atoms with Crippen LogP contribution in [0.2, 0.25) is 0 Å². The second kappa shape index (κ2) is 11.6. The molecule has 0 N–H and O–H groups in total. The average molecular weight is 699 g/mol. The highest BCUT2D eigenvalue weighted by Crippen LogP contribution is 2.71. The van der Waals surface area contributed by atoms with Crippen molar-refractivity contribution in [1.82, 2.24) is 9.55 Å². The number of rotatable bonds is 4. The summed E-state index contributed by atoms with van der Waals surface area (Å²) in [5, 5.41) is 2.54. The summed E-state index contributed by atoms with van der Waals surface area (Å²) in [7, 11) is 0. The lowest BCUT2D eigenvalue weighted by molar-refractivity contribution is 1.08. The van der Waals surface area contributed by atoms with Crippen molar-refractivity contribution in [3.05, 3.63) is 193 Å². The van der Waals surface area contributed by atoms with Crippen LogP contribution in [-0.2, 0) is 4.08 Å². The van der Waals surface area contributed by atoms with E-state index in [1.165, 1.54) is 59.5 Å². The van der Waals surface area contributed by atoms with E-state index in [1.807, 2.05) is 23.5 Å². The SMILES string of the molecule is c1ccc(-c2cccc(-c3cc(-c4ccccc4)nc(-n4c5ccccc5c5c6c(ccc54)SC4(S6)c5ccccc5-c5ccccc54)c3)c2)cc1. The van der Waals surface area contributed by atoms with Crippen LogP contribution in [0, 0.1) is 0 Å². The molecule has 1 aliphatic heterocycles. The molecule has 11 rings (SSSR count). The lowest BCUT2D eigenvalue weighted by atomic mass is 9.98. The maximum Gasteiger partial charge on any atom is 0.138 e. The molecule has 0 radical (unpaired) electrons. The quantitative estimate of drug-likeness (QED) is 0.182. The fraction of sp³-hybridized carbons (Fsp3) is 0.0208. The third-order valence-corrected chi connectivity index (χ3v) is 13.8. The minimum atomic E-state index is -0.227. The van der Waals surface area contributed by atoms with Gasteiger partial charge in [0.25, 0.3) is 0 Å². The highest BCUT2D eigenvalue weighted by atomic mass is 32.2. The number of nitrogens with zero attached hydrogens (tertiary/aromatic N) is 2. The highest BCUT2D eigenvalue weighted by molar-refractivity contribution is 8.20. The van der Waals surface area contributed by atoms with Crippen LogP contribution in [-0.4, -0.2) is 9.55 Å². The number of fused-ring (bicyclic) bond motifs is 10. The van der Waals surface area contributed by atoms with Crippen LogP contribution < -0.4 is 0 Å². The van der Waals surface area contributed by atoms with Gasteiger partial charge in [-0.3, -0.25) is 4.57 Å². The number of benzene rings is 7. The molecule has 9 aromatic rings. The standard InChI is InChI=1S/C48H30N2S2/c1-3-14-31(15-4-1)33-18-13-19-34(28-33)35-29-41(32-16-5-2-6-17-32)49-45(30-35)50-42-25-12-9-22-38(42)46-43(50)26-27-44-47(46)52-48(51-44)39-23-10-7-20-36(39)37-21-8-11-24-40(37)48/h1-30H. The van der Waals surface area contributed by atoms with Crippen molar-refractivity contribution in [2.45, 2.75) is 13.9 Å². The van der Waals surface area contributed by atoms with E-state index >= 15 is 0 Å². The Morgan fingerprint density at radius 1 is 0.442 bits per heavy atom. The Kier molecular flexibility index (Phi) is 6.67. The summed E-state index contributed by atoms with van der Waals surface area (Å²) in [5.41, 5.74) is 14.5. The second-order valence-corrected chi connectivity index (χ2v) is 16.2. The van der Waals surface area contributed by atoms with E-state index in [4.69, 9.17) is 4.98 Å². The topological polar surface area (TPSA) is 17.8 Å². The third kappa shape index (κ3) is 4.44. The Bertz CT molecular complexity index is 2810. The Labute approximate surface area is 310 Å². The second-order valence-electron chi connectivity index (χ2n) is 13.5. The van der Waals surface area contributed by atoms with Crippen molar-refractivity contribution in [1.29, 1.82) is 0 Å². The molecule has 0 amide bonds. The van der Waals surface area contributed by atoms with Gasteiger partial charge in [-0.15, -0.1) is 0 Å². The highest BCUT2D eigenvalue weighted by Gasteiger charge is 2.49. The predicted molar refractivity (Wildman–Crippen MR) is 219 cm³/mol. The molecule has 3 heterocycles. The summed E-state index contributed by atoms with van der Waals surface area (Å²) in [4.78, 5) is 8.10. The van der Waals surface area contributed by atoms with Crippen LogP contribution in [0.1, 0.15) is 11.1 Å². The van der Waals surface area contributed by atoms with Crippen LogP contribution in [0.5, 0.6) is 0 Å². The number of para-hydroxylation sites is 1. The third-order valence-electron chi connectivity index (χ3n) is 10.5. The first-order valence-electron chi connectivity index (χ1n) is 17.6. The number of hydrogen-bond donors (Lipinski definition) is 0. The summed E-state index contributed by atoms with van der Waals surface area (Å²) >= 11 is 4.01. The van der Waals surface area contributed by atoms with E-state index in [9.17, 15) is 0 Å². The molecule has 4 heteroatoms. The zero-order valence-electron chi connectivity index (χ0n) is 28.0. The minimum Gasteiger partial charge on any atom is -0.294 e. The van der Waals surface area contributed by atoms with Gasteiger partial charge in [0.2, 0.25) is 0 Å². The Morgan fingerprint density at radius 2 is 1.06 bits per heavy atom. The fourth-order valence-corrected chi connectivity index (χ4v) is 11.7. The summed E-state index contributed by atoms with van der Waals surface area (Å²) in [6.07, 6.45) is 0. The van der Waals surface area contributed by atoms with Gasteiger partial charge in [-0.2, -0.15) is 0 Å². The van der Waals surface area contributed by atoms with Gasteiger partial charge in [0.1, 0.15) is 9.90 Å². The van der Waals surface area contributed by atoms with E-state index in [2.05, 4.69) is 187 Å². The number of thioether (sulfide) groups is 2. The largest absolute Gasteiger partial charge is 0.294 e. The Hall–Kier alpha value is -5.81. The van der Waals surface area contributed by atoms with Gasteiger partial charge in [-0.05, 0) is 80.9 Å². The molecule has 0 bridgehead atoms. The van der Waals surface area contributed by atoms with Crippen LogP contribution in [0.25, 0.3) is 72.3 Å². The zero-order chi connectivity index (χ0) is 34.2. The molecule has 1 spiro atoms. The van der Waals surface area contributed by atoms with Gasteiger partial charge < -0.3 is 0 Å². The Morgan fingerprint density at radius 3 is 1.81 bits per heavy atom. The molecule has 0 fully saturated rings. The van der Waals surface area contributed by atoms with Gasteiger partial charge in [-0.1, -0.05) is 169 Å². The van der Waals surface area contributed by atoms with Crippen LogP contribution in [0.15, 0.2) is 192 Å². The molecule has 0 saturated heterocycles. The molecule has 2 nitrogen and oxygen atoms in total. The molecule has 2 aliphatic rings. The molecule has 52 heavy (non-hydrogen) atoms. The molecule has 0 atom stereocenters. The molecule has 0 saturated carbocycles. The molecular formula is C48H30N2S2. The predicted octanol–water partition coefficient (Wildman–Crippen LogP) is 13.3. The molecule has 244 valence electrons. The van der Waals surface area contributed by atoms with Gasteiger partial charge in [-0.25, -0.2) is 4.98 Å². The molecule has 2 aromatic heterocycles. The van der Waals surface area contributed by atoms with Crippen molar-refractivity contribution >= 4 is 45.3 Å². The lowest BCUT2D eigenvalue weighted by Crippen LogP contribution is -2.12. The maximum absolute atomic E-state index is 5.43. The summed E-state index contributed by atoms with van der Waals surface area (Å²) in [6.45, 7) is 0. The van der Waals surface area contributed by atoms with Crippen molar-refractivity contribution in [3.63, 3.8) is 0 Å². The van der Waals surface area contributed by atoms with Crippen LogP contribution in [0.3, 0.4) is 0 Å². The summed E-state index contributed by atoms with van der Waals surface area (Å²) in [6, 6.07) is 66.0. The fourth-order valence-electron chi connectivity index (χ4n) is 8.20. The van der Waals surface area contributed by atoms with Crippen molar-refractivity contribution in [2.75, 3.05) is 0 Å². The minimum absolute atomic E-state index is 0.227. The smallest absolute Gasteiger partial charge is 0.138 e. The molecule has 1 aliphatic carbocycles. The van der Waals surface area contributed by atoms with Gasteiger partial charge in [0.05, 0.1) is 16.7 Å². The number of hydrogen-bond acceptors (Lipinski definition) is 3. The monoisotopic (exact) mass is 698 g/mol. The summed E-state index contributed by atoms with van der Waals surface area (Å²) < 4.78 is 2.16. The van der Waals surface area contributed by atoms with Crippen molar-refractivity contribution in [2.24, 2.45) is 0 Å². The first kappa shape index (κ1) is 29.9. The number of aromatic nitrogens is 2. The van der Waals surface area contributed by atoms with Crippen LogP contribution >= 0.6 is 23.5 Å². The molecule has 7 aromatic carbocycles. The van der Waals surface area contributed by atoms with Crippen molar-refractivity contribution in [3.8, 4) is 50.5 Å². The average Bonchev–Trinajstić information content (AvgIpc) is 3.87. The first-order valence-corrected chi connectivity index (χ1v) is 19.3. The van der Waals surface area contributed by atoms with Gasteiger partial charge >= 0.3 is 0 Å². The molecule has 0 unspecified atom stereocenters. The van der Waals surface area contributed by atoms with Crippen molar-refractivity contribution < 1.29 is 0 Å². The van der Waals surface area contributed by atoms with E-state index in [0.29, 0.717) is 0 Å². The lowest BCUT2D eigenvalue weighted by Gasteiger charge is -2.24. The van der Waals surface area contributed by atoms with E-state index in [0.717, 1.165) is 33.7 Å². The van der Waals surface area contributed by atoms with Crippen LogP contribution in [0.4, 0.5) is 0 Å². The molecular weight excluding hydrogens is 669 g/mol. The Balaban J connectivity index is 1.14. The summed E-state index contributed by atoms with van der Waals surface area (Å²) in [5.74, 6) is 0.912.